The van der Waals surface area contributed by atoms with Gasteiger partial charge in [0, 0.05) is 18.2 Å². The fraction of sp³-hybridized carbons (Fsp3) is 0.375. The van der Waals surface area contributed by atoms with Gasteiger partial charge in [0.15, 0.2) is 5.17 Å². The summed E-state index contributed by atoms with van der Waals surface area (Å²) in [5.74, 6) is -0.140. The van der Waals surface area contributed by atoms with Crippen LogP contribution in [0.1, 0.15) is 41.5 Å². The zero-order valence-corrected chi connectivity index (χ0v) is 18.7. The van der Waals surface area contributed by atoms with Gasteiger partial charge < -0.3 is 5.32 Å². The molecule has 1 heterocycles. The van der Waals surface area contributed by atoms with Gasteiger partial charge in [-0.05, 0) is 81.0 Å². The Morgan fingerprint density at radius 1 is 1.07 bits per heavy atom. The van der Waals surface area contributed by atoms with Crippen molar-refractivity contribution < 1.29 is 9.59 Å². The SMILES string of the molecule is Cc1ccc(C)c(NC(=O)C[C@H]2SC(=Nc3ccc(C)c(C)c3)N(C3CC3)C2=O)c1. The third-order valence-electron chi connectivity index (χ3n) is 5.63. The van der Waals surface area contributed by atoms with E-state index in [9.17, 15) is 9.59 Å². The lowest BCUT2D eigenvalue weighted by Crippen LogP contribution is -2.35. The summed E-state index contributed by atoms with van der Waals surface area (Å²) in [6.45, 7) is 8.09. The van der Waals surface area contributed by atoms with E-state index < -0.39 is 5.25 Å². The van der Waals surface area contributed by atoms with Crippen molar-refractivity contribution in [3.8, 4) is 0 Å². The van der Waals surface area contributed by atoms with Gasteiger partial charge in [0.25, 0.3) is 0 Å². The maximum atomic E-state index is 13.1. The fourth-order valence-electron chi connectivity index (χ4n) is 3.51. The minimum Gasteiger partial charge on any atom is -0.326 e. The lowest BCUT2D eigenvalue weighted by molar-refractivity contribution is -0.128. The Balaban J connectivity index is 1.51. The Morgan fingerprint density at radius 3 is 2.50 bits per heavy atom. The molecule has 1 saturated heterocycles. The van der Waals surface area contributed by atoms with Crippen LogP contribution in [-0.2, 0) is 9.59 Å². The molecule has 5 nitrogen and oxygen atoms in total. The van der Waals surface area contributed by atoms with Crippen molar-refractivity contribution in [2.24, 2.45) is 4.99 Å². The van der Waals surface area contributed by atoms with Gasteiger partial charge in [-0.15, -0.1) is 0 Å². The number of nitrogens with zero attached hydrogens (tertiary/aromatic N) is 2. The molecule has 2 aromatic rings. The second-order valence-corrected chi connectivity index (χ2v) is 9.45. The van der Waals surface area contributed by atoms with Crippen LogP contribution in [0.15, 0.2) is 41.4 Å². The fourth-order valence-corrected chi connectivity index (χ4v) is 4.72. The maximum Gasteiger partial charge on any atom is 0.242 e. The molecule has 0 unspecified atom stereocenters. The van der Waals surface area contributed by atoms with E-state index in [-0.39, 0.29) is 24.3 Å². The maximum absolute atomic E-state index is 13.1. The Labute approximate surface area is 182 Å². The highest BCUT2D eigenvalue weighted by Gasteiger charge is 2.46. The van der Waals surface area contributed by atoms with Crippen LogP contribution in [0, 0.1) is 27.7 Å². The number of benzene rings is 2. The number of hydrogen-bond donors (Lipinski definition) is 1. The molecular formula is C24H27N3O2S. The lowest BCUT2D eigenvalue weighted by Gasteiger charge is -2.15. The van der Waals surface area contributed by atoms with Crippen LogP contribution in [0.4, 0.5) is 11.4 Å². The highest BCUT2D eigenvalue weighted by Crippen LogP contribution is 2.39. The number of carbonyl (C=O) groups is 2. The third-order valence-corrected chi connectivity index (χ3v) is 6.78. The van der Waals surface area contributed by atoms with E-state index >= 15 is 0 Å². The molecule has 1 aliphatic heterocycles. The molecule has 0 aromatic heterocycles. The van der Waals surface area contributed by atoms with Crippen LogP contribution in [0.25, 0.3) is 0 Å². The number of hydrogen-bond acceptors (Lipinski definition) is 4. The summed E-state index contributed by atoms with van der Waals surface area (Å²) in [5.41, 5.74) is 6.14. The van der Waals surface area contributed by atoms with Gasteiger partial charge in [0.2, 0.25) is 11.8 Å². The molecule has 6 heteroatoms. The van der Waals surface area contributed by atoms with E-state index in [1.807, 2.05) is 55.1 Å². The van der Waals surface area contributed by atoms with Crippen LogP contribution in [0.3, 0.4) is 0 Å². The molecule has 1 aliphatic carbocycles. The van der Waals surface area contributed by atoms with E-state index in [0.29, 0.717) is 0 Å². The van der Waals surface area contributed by atoms with Crippen molar-refractivity contribution >= 4 is 40.1 Å². The van der Waals surface area contributed by atoms with Crippen LogP contribution in [-0.4, -0.2) is 33.2 Å². The Hall–Kier alpha value is -2.60. The predicted octanol–water partition coefficient (Wildman–Crippen LogP) is 5.04. The van der Waals surface area contributed by atoms with Crippen LogP contribution in [0.5, 0.6) is 0 Å². The van der Waals surface area contributed by atoms with Gasteiger partial charge >= 0.3 is 0 Å². The molecule has 4 rings (SSSR count). The summed E-state index contributed by atoms with van der Waals surface area (Å²) in [4.78, 5) is 32.3. The van der Waals surface area contributed by atoms with Gasteiger partial charge in [-0.2, -0.15) is 0 Å². The number of amides is 2. The minimum atomic E-state index is -0.430. The van der Waals surface area contributed by atoms with E-state index in [0.717, 1.165) is 40.5 Å². The number of amidine groups is 1. The predicted molar refractivity (Wildman–Crippen MR) is 123 cm³/mol. The summed E-state index contributed by atoms with van der Waals surface area (Å²) >= 11 is 1.41. The van der Waals surface area contributed by atoms with Crippen molar-refractivity contribution in [1.29, 1.82) is 0 Å². The second kappa shape index (κ2) is 8.26. The average Bonchev–Trinajstić information content (AvgIpc) is 3.47. The molecular weight excluding hydrogens is 394 g/mol. The normalized spacial score (nSPS) is 20.1. The zero-order chi connectivity index (χ0) is 21.4. The van der Waals surface area contributed by atoms with E-state index in [4.69, 9.17) is 4.99 Å². The van der Waals surface area contributed by atoms with Gasteiger partial charge in [-0.3, -0.25) is 14.5 Å². The Kier molecular flexibility index (Phi) is 5.69. The van der Waals surface area contributed by atoms with Crippen LogP contribution in [0.2, 0.25) is 0 Å². The van der Waals surface area contributed by atoms with Crippen molar-refractivity contribution in [3.05, 3.63) is 58.7 Å². The number of thioether (sulfide) groups is 1. The molecule has 2 aliphatic rings. The molecule has 30 heavy (non-hydrogen) atoms. The molecule has 2 amide bonds. The standard InChI is InChI=1S/C24H27N3O2S/c1-14-5-6-16(3)20(11-14)26-22(28)13-21-23(29)27(19-9-10-19)24(30-21)25-18-8-7-15(2)17(4)12-18/h5-8,11-12,19,21H,9-10,13H2,1-4H3,(H,26,28)/t21-/m1/s1. The second-order valence-electron chi connectivity index (χ2n) is 8.28. The van der Waals surface area contributed by atoms with E-state index in [1.165, 1.54) is 22.9 Å². The first-order chi connectivity index (χ1) is 14.3. The largest absolute Gasteiger partial charge is 0.326 e. The van der Waals surface area contributed by atoms with E-state index in [1.54, 1.807) is 0 Å². The van der Waals surface area contributed by atoms with Gasteiger partial charge in [-0.1, -0.05) is 30.0 Å². The number of aliphatic imine (C=N–C) groups is 1. The molecule has 0 spiro atoms. The van der Waals surface area contributed by atoms with Crippen molar-refractivity contribution in [2.75, 3.05) is 5.32 Å². The minimum absolute atomic E-state index is 0.00111. The molecule has 0 radical (unpaired) electrons. The first-order valence-corrected chi connectivity index (χ1v) is 11.2. The third kappa shape index (κ3) is 4.43. The first-order valence-electron chi connectivity index (χ1n) is 10.3. The Bertz CT molecular complexity index is 1040. The van der Waals surface area contributed by atoms with Gasteiger partial charge in [0.1, 0.15) is 5.25 Å². The summed E-state index contributed by atoms with van der Waals surface area (Å²) in [7, 11) is 0. The number of carbonyl (C=O) groups excluding carboxylic acids is 2. The molecule has 2 aromatic carbocycles. The first kappa shape index (κ1) is 20.7. The van der Waals surface area contributed by atoms with Gasteiger partial charge in [0.05, 0.1) is 5.69 Å². The number of rotatable bonds is 5. The number of anilines is 1. The number of nitrogens with one attached hydrogen (secondary N) is 1. The zero-order valence-electron chi connectivity index (χ0n) is 17.9. The number of aryl methyl sites for hydroxylation is 4. The van der Waals surface area contributed by atoms with Crippen LogP contribution < -0.4 is 5.32 Å². The van der Waals surface area contributed by atoms with Crippen molar-refractivity contribution in [1.82, 2.24) is 4.90 Å². The smallest absolute Gasteiger partial charge is 0.242 e. The average molecular weight is 422 g/mol. The summed E-state index contributed by atoms with van der Waals surface area (Å²) < 4.78 is 0. The molecule has 156 valence electrons. The highest BCUT2D eigenvalue weighted by molar-refractivity contribution is 8.15. The quantitative estimate of drug-likeness (QED) is 0.735. The monoisotopic (exact) mass is 421 g/mol. The molecule has 2 fully saturated rings. The van der Waals surface area contributed by atoms with Gasteiger partial charge in [-0.25, -0.2) is 4.99 Å². The molecule has 1 atom stereocenters. The molecule has 1 saturated carbocycles. The highest BCUT2D eigenvalue weighted by atomic mass is 32.2. The molecule has 0 bridgehead atoms. The Morgan fingerprint density at radius 2 is 1.80 bits per heavy atom. The molecule has 1 N–H and O–H groups in total. The summed E-state index contributed by atoms with van der Waals surface area (Å²) in [6, 6.07) is 12.3. The summed E-state index contributed by atoms with van der Waals surface area (Å²) in [5, 5.41) is 3.26. The van der Waals surface area contributed by atoms with Crippen molar-refractivity contribution in [2.45, 2.75) is 58.2 Å². The van der Waals surface area contributed by atoms with Crippen molar-refractivity contribution in [3.63, 3.8) is 0 Å². The lowest BCUT2D eigenvalue weighted by atomic mass is 10.1. The topological polar surface area (TPSA) is 61.8 Å². The van der Waals surface area contributed by atoms with Crippen LogP contribution >= 0.6 is 11.8 Å². The summed E-state index contributed by atoms with van der Waals surface area (Å²) in [6.07, 6.45) is 2.14. The van der Waals surface area contributed by atoms with E-state index in [2.05, 4.69) is 19.2 Å².